The van der Waals surface area contributed by atoms with Crippen LogP contribution in [-0.4, -0.2) is 31.5 Å². The van der Waals surface area contributed by atoms with Crippen LogP contribution >= 0.6 is 23.4 Å². The summed E-state index contributed by atoms with van der Waals surface area (Å²) in [6, 6.07) is 7.98. The average Bonchev–Trinajstić information content (AvgIpc) is 3.26. The SMILES string of the molecule is C=CCn1c(SCC(=O)Nc2cc(Cl)ccc2O)nnc1-c1ccco1. The second kappa shape index (κ2) is 8.11. The molecule has 0 saturated heterocycles. The standard InChI is InChI=1S/C17H15ClN4O3S/c1-2-7-22-16(14-4-3-8-25-14)20-21-17(22)26-10-15(24)19-12-9-11(18)5-6-13(12)23/h2-6,8-9,23H,1,7,10H2,(H,19,24). The molecule has 0 radical (unpaired) electrons. The van der Waals surface area contributed by atoms with E-state index in [-0.39, 0.29) is 23.1 Å². The van der Waals surface area contributed by atoms with Crippen LogP contribution in [0.25, 0.3) is 11.6 Å². The Hall–Kier alpha value is -2.71. The Morgan fingerprint density at radius 3 is 3.00 bits per heavy atom. The van der Waals surface area contributed by atoms with Crippen LogP contribution < -0.4 is 5.32 Å². The molecule has 0 atom stereocenters. The molecule has 0 saturated carbocycles. The first-order chi connectivity index (χ1) is 12.6. The molecule has 0 aliphatic carbocycles. The quantitative estimate of drug-likeness (QED) is 0.362. The number of carbonyl (C=O) groups excluding carboxylic acids is 1. The molecule has 134 valence electrons. The predicted octanol–water partition coefficient (Wildman–Crippen LogP) is 3.81. The third kappa shape index (κ3) is 4.09. The van der Waals surface area contributed by atoms with Crippen LogP contribution in [0.3, 0.4) is 0 Å². The summed E-state index contributed by atoms with van der Waals surface area (Å²) in [4.78, 5) is 12.2. The van der Waals surface area contributed by atoms with Gasteiger partial charge in [0.25, 0.3) is 0 Å². The first-order valence-electron chi connectivity index (χ1n) is 7.57. The number of aromatic hydroxyl groups is 1. The molecular weight excluding hydrogens is 376 g/mol. The Morgan fingerprint density at radius 1 is 1.42 bits per heavy atom. The number of thioether (sulfide) groups is 1. The Kier molecular flexibility index (Phi) is 5.65. The lowest BCUT2D eigenvalue weighted by molar-refractivity contribution is -0.113. The van der Waals surface area contributed by atoms with E-state index in [1.807, 2.05) is 0 Å². The topological polar surface area (TPSA) is 93.2 Å². The molecule has 3 aromatic rings. The lowest BCUT2D eigenvalue weighted by Gasteiger charge is -2.08. The fourth-order valence-electron chi connectivity index (χ4n) is 2.20. The Morgan fingerprint density at radius 2 is 2.27 bits per heavy atom. The van der Waals surface area contributed by atoms with Gasteiger partial charge in [-0.15, -0.1) is 16.8 Å². The zero-order chi connectivity index (χ0) is 18.5. The molecule has 1 amide bonds. The summed E-state index contributed by atoms with van der Waals surface area (Å²) in [7, 11) is 0. The largest absolute Gasteiger partial charge is 0.506 e. The van der Waals surface area contributed by atoms with Crippen molar-refractivity contribution in [1.29, 1.82) is 0 Å². The highest BCUT2D eigenvalue weighted by molar-refractivity contribution is 7.99. The van der Waals surface area contributed by atoms with Gasteiger partial charge in [-0.05, 0) is 30.3 Å². The van der Waals surface area contributed by atoms with E-state index in [9.17, 15) is 9.90 Å². The summed E-state index contributed by atoms with van der Waals surface area (Å²) in [6.45, 7) is 4.21. The van der Waals surface area contributed by atoms with Gasteiger partial charge in [-0.1, -0.05) is 29.4 Å². The number of phenols is 1. The lowest BCUT2D eigenvalue weighted by Crippen LogP contribution is -2.14. The summed E-state index contributed by atoms with van der Waals surface area (Å²) in [6.07, 6.45) is 3.27. The maximum atomic E-state index is 12.2. The fraction of sp³-hybridized carbons (Fsp3) is 0.118. The van der Waals surface area contributed by atoms with Crippen LogP contribution in [0.1, 0.15) is 0 Å². The van der Waals surface area contributed by atoms with Gasteiger partial charge in [0, 0.05) is 11.6 Å². The van der Waals surface area contributed by atoms with Gasteiger partial charge >= 0.3 is 0 Å². The minimum atomic E-state index is -0.305. The summed E-state index contributed by atoms with van der Waals surface area (Å²) < 4.78 is 7.17. The first kappa shape index (κ1) is 18.1. The van der Waals surface area contributed by atoms with Crippen molar-refractivity contribution in [3.8, 4) is 17.3 Å². The van der Waals surface area contributed by atoms with Gasteiger partial charge in [-0.3, -0.25) is 9.36 Å². The van der Waals surface area contributed by atoms with Gasteiger partial charge < -0.3 is 14.8 Å². The molecule has 2 heterocycles. The molecule has 0 aliphatic heterocycles. The zero-order valence-corrected chi connectivity index (χ0v) is 15.1. The number of hydrogen-bond donors (Lipinski definition) is 2. The zero-order valence-electron chi connectivity index (χ0n) is 13.6. The van der Waals surface area contributed by atoms with Gasteiger partial charge in [0.05, 0.1) is 17.7 Å². The number of anilines is 1. The number of phenolic OH excluding ortho intramolecular Hbond substituents is 1. The number of carbonyl (C=O) groups is 1. The number of benzene rings is 1. The van der Waals surface area contributed by atoms with Crippen molar-refractivity contribution in [1.82, 2.24) is 14.8 Å². The van der Waals surface area contributed by atoms with Gasteiger partial charge in [0.2, 0.25) is 11.7 Å². The first-order valence-corrected chi connectivity index (χ1v) is 8.94. The predicted molar refractivity (Wildman–Crippen MR) is 100 cm³/mol. The molecule has 26 heavy (non-hydrogen) atoms. The molecule has 0 fully saturated rings. The van der Waals surface area contributed by atoms with Crippen molar-refractivity contribution in [2.24, 2.45) is 0 Å². The van der Waals surface area contributed by atoms with Crippen molar-refractivity contribution in [2.75, 3.05) is 11.1 Å². The highest BCUT2D eigenvalue weighted by Crippen LogP contribution is 2.28. The highest BCUT2D eigenvalue weighted by atomic mass is 35.5. The molecule has 2 aromatic heterocycles. The van der Waals surface area contributed by atoms with Gasteiger partial charge in [-0.2, -0.15) is 0 Å². The fourth-order valence-corrected chi connectivity index (χ4v) is 3.12. The van der Waals surface area contributed by atoms with E-state index in [0.717, 1.165) is 0 Å². The highest BCUT2D eigenvalue weighted by Gasteiger charge is 2.17. The second-order valence-corrected chi connectivity index (χ2v) is 6.56. The molecule has 7 nitrogen and oxygen atoms in total. The number of hydrogen-bond acceptors (Lipinski definition) is 6. The van der Waals surface area contributed by atoms with Crippen LogP contribution in [0.4, 0.5) is 5.69 Å². The van der Waals surface area contributed by atoms with E-state index >= 15 is 0 Å². The van der Waals surface area contributed by atoms with E-state index in [0.29, 0.717) is 28.3 Å². The van der Waals surface area contributed by atoms with E-state index in [4.69, 9.17) is 16.0 Å². The summed E-state index contributed by atoms with van der Waals surface area (Å²) in [5, 5.41) is 21.6. The van der Waals surface area contributed by atoms with Crippen molar-refractivity contribution in [3.63, 3.8) is 0 Å². The molecule has 9 heteroatoms. The molecule has 0 spiro atoms. The Balaban J connectivity index is 1.70. The van der Waals surface area contributed by atoms with E-state index in [1.54, 1.807) is 29.0 Å². The van der Waals surface area contributed by atoms with Crippen molar-refractivity contribution in [2.45, 2.75) is 11.7 Å². The Bertz CT molecular complexity index is 924. The van der Waals surface area contributed by atoms with E-state index in [1.165, 1.54) is 30.0 Å². The van der Waals surface area contributed by atoms with Crippen LogP contribution in [0.5, 0.6) is 5.75 Å². The molecule has 0 bridgehead atoms. The van der Waals surface area contributed by atoms with Crippen LogP contribution in [0, 0.1) is 0 Å². The van der Waals surface area contributed by atoms with Gasteiger partial charge in [0.1, 0.15) is 5.75 Å². The van der Waals surface area contributed by atoms with E-state index < -0.39 is 0 Å². The van der Waals surface area contributed by atoms with Crippen LogP contribution in [0.15, 0.2) is 58.8 Å². The smallest absolute Gasteiger partial charge is 0.234 e. The Labute approximate surface area is 158 Å². The maximum Gasteiger partial charge on any atom is 0.234 e. The third-order valence-electron chi connectivity index (χ3n) is 3.34. The number of halogens is 1. The number of rotatable bonds is 7. The minimum absolute atomic E-state index is 0.0531. The summed E-state index contributed by atoms with van der Waals surface area (Å²) in [5.74, 6) is 0.868. The number of nitrogens with zero attached hydrogens (tertiary/aromatic N) is 3. The molecule has 3 rings (SSSR count). The third-order valence-corrected chi connectivity index (χ3v) is 4.54. The van der Waals surface area contributed by atoms with Crippen LogP contribution in [-0.2, 0) is 11.3 Å². The maximum absolute atomic E-state index is 12.2. The monoisotopic (exact) mass is 390 g/mol. The van der Waals surface area contributed by atoms with Crippen molar-refractivity contribution in [3.05, 3.63) is 54.3 Å². The molecule has 2 N–H and O–H groups in total. The van der Waals surface area contributed by atoms with Gasteiger partial charge in [-0.25, -0.2) is 0 Å². The van der Waals surface area contributed by atoms with Crippen LogP contribution in [0.2, 0.25) is 5.02 Å². The average molecular weight is 391 g/mol. The lowest BCUT2D eigenvalue weighted by atomic mass is 10.3. The summed E-state index contributed by atoms with van der Waals surface area (Å²) >= 11 is 7.09. The summed E-state index contributed by atoms with van der Waals surface area (Å²) in [5.41, 5.74) is 0.256. The molecular formula is C17H15ClN4O3S. The number of amides is 1. The number of furan rings is 1. The van der Waals surface area contributed by atoms with E-state index in [2.05, 4.69) is 22.1 Å². The molecule has 0 aliphatic rings. The van der Waals surface area contributed by atoms with Gasteiger partial charge in [0.15, 0.2) is 10.9 Å². The van der Waals surface area contributed by atoms with Crippen molar-refractivity contribution < 1.29 is 14.3 Å². The normalized spacial score (nSPS) is 10.7. The van der Waals surface area contributed by atoms with Crippen molar-refractivity contribution >= 4 is 35.0 Å². The number of aromatic nitrogens is 3. The number of nitrogens with one attached hydrogen (secondary N) is 1. The minimum Gasteiger partial charge on any atom is -0.506 e. The second-order valence-electron chi connectivity index (χ2n) is 5.18. The molecule has 1 aromatic carbocycles. The molecule has 0 unspecified atom stereocenters. The number of allylic oxidation sites excluding steroid dienone is 1.